The molecule has 3 rings (SSSR count). The highest BCUT2D eigenvalue weighted by molar-refractivity contribution is 7.96. The number of likely N-dealkylation sites (tertiary alicyclic amines) is 1. The smallest absolute Gasteiger partial charge is 0.280 e. The van der Waals surface area contributed by atoms with E-state index in [-0.39, 0.29) is 16.7 Å². The maximum absolute atomic E-state index is 14.5. The summed E-state index contributed by atoms with van der Waals surface area (Å²) in [6.07, 6.45) is 2.60. The molecule has 1 aliphatic heterocycles. The van der Waals surface area contributed by atoms with Gasteiger partial charge in [-0.2, -0.15) is 8.42 Å². The molecule has 1 saturated heterocycles. The lowest BCUT2D eigenvalue weighted by Crippen LogP contribution is -2.36. The number of allylic oxidation sites excluding steroid dienone is 3. The molecule has 0 aliphatic carbocycles. The van der Waals surface area contributed by atoms with Crippen LogP contribution in [0.3, 0.4) is 0 Å². The molecule has 0 radical (unpaired) electrons. The van der Waals surface area contributed by atoms with Crippen molar-refractivity contribution in [2.45, 2.75) is 33.4 Å². The molecule has 166 valence electrons. The molecule has 2 heterocycles. The van der Waals surface area contributed by atoms with Crippen molar-refractivity contribution >= 4 is 33.9 Å². The first-order valence-corrected chi connectivity index (χ1v) is 12.2. The van der Waals surface area contributed by atoms with Gasteiger partial charge in [0.25, 0.3) is 10.0 Å². The van der Waals surface area contributed by atoms with Crippen molar-refractivity contribution in [3.8, 4) is 0 Å². The average molecular weight is 464 g/mol. The summed E-state index contributed by atoms with van der Waals surface area (Å²) >= 11 is 1.28. The first-order chi connectivity index (χ1) is 14.8. The summed E-state index contributed by atoms with van der Waals surface area (Å²) in [6.45, 7) is 10.0. The fourth-order valence-electron chi connectivity index (χ4n) is 3.05. The summed E-state index contributed by atoms with van der Waals surface area (Å²) in [5.74, 6) is -0.0275. The zero-order chi connectivity index (χ0) is 22.4. The third-order valence-corrected chi connectivity index (χ3v) is 6.98. The maximum atomic E-state index is 14.5. The molecular weight excluding hydrogens is 437 g/mol. The summed E-state index contributed by atoms with van der Waals surface area (Å²) in [6, 6.07) is 5.13. The van der Waals surface area contributed by atoms with Crippen molar-refractivity contribution in [3.05, 3.63) is 68.4 Å². The molecule has 2 aromatic rings. The van der Waals surface area contributed by atoms with Crippen LogP contribution in [0.25, 0.3) is 0 Å². The number of halogens is 1. The van der Waals surface area contributed by atoms with Gasteiger partial charge in [0.05, 0.1) is 5.51 Å². The monoisotopic (exact) mass is 463 g/mol. The van der Waals surface area contributed by atoms with E-state index in [1.54, 1.807) is 18.4 Å². The molecule has 0 unspecified atom stereocenters. The SMILES string of the molecule is C=N/C(=C\C(C)=C(/C)NCc1c(F)cccc1CN1CCC1)S(=O)(=O)Nc1cscn1. The van der Waals surface area contributed by atoms with Crippen LogP contribution in [0.4, 0.5) is 10.2 Å². The van der Waals surface area contributed by atoms with Gasteiger partial charge in [0.2, 0.25) is 0 Å². The molecule has 0 atom stereocenters. The van der Waals surface area contributed by atoms with Gasteiger partial charge in [-0.15, -0.1) is 11.3 Å². The molecule has 0 amide bonds. The number of nitrogens with one attached hydrogen (secondary N) is 2. The highest BCUT2D eigenvalue weighted by Crippen LogP contribution is 2.20. The summed E-state index contributed by atoms with van der Waals surface area (Å²) in [5, 5.41) is 4.57. The molecular formula is C21H26FN5O2S2. The van der Waals surface area contributed by atoms with E-state index in [2.05, 4.69) is 31.6 Å². The highest BCUT2D eigenvalue weighted by atomic mass is 32.2. The van der Waals surface area contributed by atoms with Crippen molar-refractivity contribution < 1.29 is 12.8 Å². The van der Waals surface area contributed by atoms with Gasteiger partial charge in [-0.05, 0) is 63.4 Å². The minimum absolute atomic E-state index is 0.219. The fourth-order valence-corrected chi connectivity index (χ4v) is 4.60. The Morgan fingerprint density at radius 1 is 1.39 bits per heavy atom. The molecule has 0 saturated carbocycles. The van der Waals surface area contributed by atoms with E-state index in [4.69, 9.17) is 0 Å². The molecule has 0 bridgehead atoms. The van der Waals surface area contributed by atoms with Crippen molar-refractivity contribution in [2.24, 2.45) is 4.99 Å². The Balaban J connectivity index is 1.74. The van der Waals surface area contributed by atoms with Crippen LogP contribution >= 0.6 is 11.3 Å². The molecule has 0 spiro atoms. The Hall–Kier alpha value is -2.56. The van der Waals surface area contributed by atoms with Crippen LogP contribution in [0.5, 0.6) is 0 Å². The maximum Gasteiger partial charge on any atom is 0.280 e. The van der Waals surface area contributed by atoms with Gasteiger partial charge >= 0.3 is 0 Å². The van der Waals surface area contributed by atoms with E-state index < -0.39 is 10.0 Å². The number of sulfonamides is 1. The first-order valence-electron chi connectivity index (χ1n) is 9.79. The zero-order valence-electron chi connectivity index (χ0n) is 17.6. The third kappa shape index (κ3) is 5.99. The summed E-state index contributed by atoms with van der Waals surface area (Å²) in [7, 11) is -3.92. The largest absolute Gasteiger partial charge is 0.384 e. The zero-order valence-corrected chi connectivity index (χ0v) is 19.2. The van der Waals surface area contributed by atoms with E-state index in [1.807, 2.05) is 13.0 Å². The van der Waals surface area contributed by atoms with Gasteiger partial charge < -0.3 is 5.32 Å². The van der Waals surface area contributed by atoms with Crippen LogP contribution in [0.2, 0.25) is 0 Å². The van der Waals surface area contributed by atoms with Crippen molar-refractivity contribution in [3.63, 3.8) is 0 Å². The summed E-state index contributed by atoms with van der Waals surface area (Å²) in [4.78, 5) is 9.86. The molecule has 10 heteroatoms. The second-order valence-corrected chi connectivity index (χ2v) is 9.64. The molecule has 1 aliphatic rings. The lowest BCUT2D eigenvalue weighted by Gasteiger charge is -2.31. The Kier molecular flexibility index (Phi) is 7.58. The van der Waals surface area contributed by atoms with Gasteiger partial charge in [-0.3, -0.25) is 14.6 Å². The van der Waals surface area contributed by atoms with Gasteiger partial charge in [0.15, 0.2) is 10.8 Å². The highest BCUT2D eigenvalue weighted by Gasteiger charge is 2.19. The molecule has 7 nitrogen and oxygen atoms in total. The second kappa shape index (κ2) is 10.2. The third-order valence-electron chi connectivity index (χ3n) is 5.12. The van der Waals surface area contributed by atoms with E-state index in [1.165, 1.54) is 35.4 Å². The number of anilines is 1. The Morgan fingerprint density at radius 3 is 2.77 bits per heavy atom. The van der Waals surface area contributed by atoms with Crippen LogP contribution in [-0.4, -0.2) is 38.1 Å². The summed E-state index contributed by atoms with van der Waals surface area (Å²) in [5.41, 5.74) is 4.46. The number of benzene rings is 1. The van der Waals surface area contributed by atoms with Crippen molar-refractivity contribution in [2.75, 3.05) is 17.8 Å². The number of nitrogens with zero attached hydrogens (tertiary/aromatic N) is 3. The number of aromatic nitrogens is 1. The predicted molar refractivity (Wildman–Crippen MR) is 124 cm³/mol. The van der Waals surface area contributed by atoms with Crippen LogP contribution < -0.4 is 10.0 Å². The van der Waals surface area contributed by atoms with Gasteiger partial charge in [-0.25, -0.2) is 9.37 Å². The first kappa shape index (κ1) is 23.1. The normalized spacial score (nSPS) is 15.8. The molecule has 2 N–H and O–H groups in total. The van der Waals surface area contributed by atoms with Gasteiger partial charge in [-0.1, -0.05) is 12.1 Å². The van der Waals surface area contributed by atoms with E-state index in [9.17, 15) is 12.8 Å². The van der Waals surface area contributed by atoms with Crippen LogP contribution in [0.15, 0.2) is 56.5 Å². The second-order valence-electron chi connectivity index (χ2n) is 7.29. The molecule has 1 aromatic carbocycles. The Bertz CT molecular complexity index is 1090. The lowest BCUT2D eigenvalue weighted by atomic mass is 10.0. The van der Waals surface area contributed by atoms with E-state index in [0.29, 0.717) is 23.4 Å². The molecule has 1 fully saturated rings. The standard InChI is InChI=1S/C21H26FN5O2S2/c1-15(10-21(23-3)31(28,29)26-20-13-30-14-25-20)16(2)24-11-18-17(6-4-7-19(18)22)12-27-8-5-9-27/h4,6-7,10,13-14,24,26H,3,5,8-9,11-12H2,1-2H3/b16-15+,21-10+. The van der Waals surface area contributed by atoms with Crippen molar-refractivity contribution in [1.29, 1.82) is 0 Å². The predicted octanol–water partition coefficient (Wildman–Crippen LogP) is 3.86. The van der Waals surface area contributed by atoms with E-state index in [0.717, 1.165) is 25.2 Å². The number of rotatable bonds is 10. The lowest BCUT2D eigenvalue weighted by molar-refractivity contribution is 0.172. The Labute approximate surface area is 186 Å². The van der Waals surface area contributed by atoms with Crippen LogP contribution in [-0.2, 0) is 23.1 Å². The fraction of sp³-hybridized carbons (Fsp3) is 0.333. The number of hydrogen-bond donors (Lipinski definition) is 2. The van der Waals surface area contributed by atoms with Gasteiger partial charge in [0, 0.05) is 29.7 Å². The molecule has 1 aromatic heterocycles. The topological polar surface area (TPSA) is 86.7 Å². The van der Waals surface area contributed by atoms with Gasteiger partial charge in [0.1, 0.15) is 5.82 Å². The minimum Gasteiger partial charge on any atom is -0.384 e. The number of thiazole rings is 1. The van der Waals surface area contributed by atoms with Crippen LogP contribution in [0.1, 0.15) is 31.4 Å². The number of aliphatic imine (C=N–C) groups is 1. The molecule has 31 heavy (non-hydrogen) atoms. The van der Waals surface area contributed by atoms with Crippen molar-refractivity contribution in [1.82, 2.24) is 15.2 Å². The summed E-state index contributed by atoms with van der Waals surface area (Å²) < 4.78 is 41.9. The van der Waals surface area contributed by atoms with Crippen LogP contribution in [0, 0.1) is 5.82 Å². The quantitative estimate of drug-likeness (QED) is 0.413. The number of hydrogen-bond acceptors (Lipinski definition) is 7. The minimum atomic E-state index is -3.92. The average Bonchev–Trinajstić information content (AvgIpc) is 3.19. The Morgan fingerprint density at radius 2 is 2.16 bits per heavy atom. The van der Waals surface area contributed by atoms with E-state index >= 15 is 0 Å².